The van der Waals surface area contributed by atoms with E-state index in [2.05, 4.69) is 30.1 Å². The van der Waals surface area contributed by atoms with Crippen LogP contribution in [-0.2, 0) is 6.61 Å². The topological polar surface area (TPSA) is 21.6 Å². The first-order valence-electron chi connectivity index (χ1n) is 8.30. The molecule has 0 aliphatic carbocycles. The second-order valence-electron chi connectivity index (χ2n) is 6.11. The molecule has 0 bridgehead atoms. The van der Waals surface area contributed by atoms with Gasteiger partial charge in [-0.1, -0.05) is 53.5 Å². The van der Waals surface area contributed by atoms with E-state index in [0.29, 0.717) is 22.4 Å². The fourth-order valence-electron chi connectivity index (χ4n) is 2.52. The number of hydrogen-bond donors (Lipinski definition) is 0. The van der Waals surface area contributed by atoms with Gasteiger partial charge in [0.15, 0.2) is 0 Å². The van der Waals surface area contributed by atoms with Gasteiger partial charge in [-0.15, -0.1) is 0 Å². The fraction of sp³-hybridized carbons (Fsp3) is 0.136. The number of halogens is 2. The molecule has 0 amide bonds. The second-order valence-corrected chi connectivity index (χ2v) is 6.95. The standard InChI is InChI=1S/C22H19Cl2NO/c1-15-7-8-16(2)21(11-15)25-13-18-12-19(23)9-10-22(18)26-14-17-5-3-4-6-20(17)24/h3-13H,14H2,1-2H3. The van der Waals surface area contributed by atoms with Crippen LogP contribution in [0, 0.1) is 13.8 Å². The number of ether oxygens (including phenoxy) is 1. The maximum atomic E-state index is 6.20. The Hall–Kier alpha value is -2.29. The van der Waals surface area contributed by atoms with Gasteiger partial charge in [-0.25, -0.2) is 0 Å². The first kappa shape index (κ1) is 18.5. The average molecular weight is 384 g/mol. The van der Waals surface area contributed by atoms with Crippen LogP contribution in [-0.4, -0.2) is 6.21 Å². The van der Waals surface area contributed by atoms with E-state index in [1.54, 1.807) is 12.3 Å². The molecule has 0 spiro atoms. The molecule has 26 heavy (non-hydrogen) atoms. The molecule has 0 N–H and O–H groups in total. The summed E-state index contributed by atoms with van der Waals surface area (Å²) in [7, 11) is 0. The number of hydrogen-bond acceptors (Lipinski definition) is 2. The van der Waals surface area contributed by atoms with E-state index in [0.717, 1.165) is 22.4 Å². The third kappa shape index (κ3) is 4.66. The molecule has 4 heteroatoms. The maximum absolute atomic E-state index is 6.20. The zero-order valence-corrected chi connectivity index (χ0v) is 16.2. The summed E-state index contributed by atoms with van der Waals surface area (Å²) in [5, 5.41) is 1.32. The highest BCUT2D eigenvalue weighted by molar-refractivity contribution is 6.31. The van der Waals surface area contributed by atoms with Crippen molar-refractivity contribution in [1.82, 2.24) is 0 Å². The van der Waals surface area contributed by atoms with Gasteiger partial charge >= 0.3 is 0 Å². The minimum atomic E-state index is 0.381. The lowest BCUT2D eigenvalue weighted by molar-refractivity contribution is 0.306. The third-order valence-electron chi connectivity index (χ3n) is 4.02. The summed E-state index contributed by atoms with van der Waals surface area (Å²) < 4.78 is 5.97. The molecule has 0 aliphatic heterocycles. The molecule has 0 radical (unpaired) electrons. The van der Waals surface area contributed by atoms with Gasteiger partial charge in [0, 0.05) is 27.4 Å². The van der Waals surface area contributed by atoms with E-state index in [9.17, 15) is 0 Å². The van der Waals surface area contributed by atoms with Crippen molar-refractivity contribution in [2.45, 2.75) is 20.5 Å². The predicted octanol–water partition coefficient (Wildman–Crippen LogP) is 6.94. The zero-order chi connectivity index (χ0) is 18.5. The number of nitrogens with zero attached hydrogens (tertiary/aromatic N) is 1. The SMILES string of the molecule is Cc1ccc(C)c(N=Cc2cc(Cl)ccc2OCc2ccccc2Cl)c1. The van der Waals surface area contributed by atoms with Gasteiger partial charge in [0.05, 0.1) is 5.69 Å². The fourth-order valence-corrected chi connectivity index (χ4v) is 2.89. The van der Waals surface area contributed by atoms with Gasteiger partial charge in [0.2, 0.25) is 0 Å². The molecule has 3 aromatic carbocycles. The molecule has 0 heterocycles. The maximum Gasteiger partial charge on any atom is 0.128 e. The van der Waals surface area contributed by atoms with Crippen LogP contribution in [0.2, 0.25) is 10.0 Å². The first-order chi connectivity index (χ1) is 12.5. The van der Waals surface area contributed by atoms with Crippen molar-refractivity contribution in [2.75, 3.05) is 0 Å². The molecule has 0 atom stereocenters. The third-order valence-corrected chi connectivity index (χ3v) is 4.62. The summed E-state index contributed by atoms with van der Waals surface area (Å²) >= 11 is 12.4. The number of rotatable bonds is 5. The number of aliphatic imine (C=N–C) groups is 1. The summed E-state index contributed by atoms with van der Waals surface area (Å²) in [5.74, 6) is 0.711. The lowest BCUT2D eigenvalue weighted by Crippen LogP contribution is -1.99. The minimum absolute atomic E-state index is 0.381. The van der Waals surface area contributed by atoms with Crippen LogP contribution in [0.3, 0.4) is 0 Å². The van der Waals surface area contributed by atoms with Crippen molar-refractivity contribution >= 4 is 35.1 Å². The predicted molar refractivity (Wildman–Crippen MR) is 110 cm³/mol. The van der Waals surface area contributed by atoms with E-state index in [1.165, 1.54) is 5.56 Å². The van der Waals surface area contributed by atoms with E-state index < -0.39 is 0 Å². The van der Waals surface area contributed by atoms with E-state index >= 15 is 0 Å². The van der Waals surface area contributed by atoms with Gasteiger partial charge < -0.3 is 4.74 Å². The molecule has 0 aliphatic rings. The highest BCUT2D eigenvalue weighted by Crippen LogP contribution is 2.26. The Morgan fingerprint density at radius 2 is 1.77 bits per heavy atom. The van der Waals surface area contributed by atoms with E-state index in [1.807, 2.05) is 43.3 Å². The first-order valence-corrected chi connectivity index (χ1v) is 9.05. The molecule has 0 fully saturated rings. The molecule has 0 saturated carbocycles. The van der Waals surface area contributed by atoms with Crippen molar-refractivity contribution < 1.29 is 4.74 Å². The monoisotopic (exact) mass is 383 g/mol. The van der Waals surface area contributed by atoms with Gasteiger partial charge in [-0.2, -0.15) is 0 Å². The van der Waals surface area contributed by atoms with E-state index in [-0.39, 0.29) is 0 Å². The minimum Gasteiger partial charge on any atom is -0.488 e. The molecule has 0 aromatic heterocycles. The van der Waals surface area contributed by atoms with Crippen molar-refractivity contribution in [2.24, 2.45) is 4.99 Å². The van der Waals surface area contributed by atoms with Crippen LogP contribution in [0.1, 0.15) is 22.3 Å². The highest BCUT2D eigenvalue weighted by atomic mass is 35.5. The molecule has 3 aromatic rings. The summed E-state index contributed by atoms with van der Waals surface area (Å²) in [4.78, 5) is 4.62. The molecular weight excluding hydrogens is 365 g/mol. The Labute approximate surface area is 164 Å². The van der Waals surface area contributed by atoms with E-state index in [4.69, 9.17) is 27.9 Å². The van der Waals surface area contributed by atoms with Crippen molar-refractivity contribution in [1.29, 1.82) is 0 Å². The molecular formula is C22H19Cl2NO. The van der Waals surface area contributed by atoms with Crippen LogP contribution in [0.4, 0.5) is 5.69 Å². The Balaban J connectivity index is 1.85. The van der Waals surface area contributed by atoms with Crippen LogP contribution in [0.15, 0.2) is 65.7 Å². The summed E-state index contributed by atoms with van der Waals surface area (Å²) in [6, 6.07) is 19.3. The average Bonchev–Trinajstić information content (AvgIpc) is 2.63. The Morgan fingerprint density at radius 1 is 0.962 bits per heavy atom. The van der Waals surface area contributed by atoms with Crippen LogP contribution >= 0.6 is 23.2 Å². The van der Waals surface area contributed by atoms with Crippen molar-refractivity contribution in [3.05, 3.63) is 93.0 Å². The Kier molecular flexibility index (Phi) is 5.97. The smallest absolute Gasteiger partial charge is 0.128 e. The molecule has 132 valence electrons. The van der Waals surface area contributed by atoms with Crippen molar-refractivity contribution in [3.8, 4) is 5.75 Å². The van der Waals surface area contributed by atoms with Gasteiger partial charge in [0.25, 0.3) is 0 Å². The van der Waals surface area contributed by atoms with Gasteiger partial charge in [-0.3, -0.25) is 4.99 Å². The van der Waals surface area contributed by atoms with Crippen LogP contribution in [0.5, 0.6) is 5.75 Å². The Morgan fingerprint density at radius 3 is 2.58 bits per heavy atom. The summed E-state index contributed by atoms with van der Waals surface area (Å²) in [6.45, 7) is 4.47. The van der Waals surface area contributed by atoms with Gasteiger partial charge in [-0.05, 0) is 55.3 Å². The lowest BCUT2D eigenvalue weighted by Gasteiger charge is -2.11. The van der Waals surface area contributed by atoms with Crippen LogP contribution < -0.4 is 4.74 Å². The molecule has 0 unspecified atom stereocenters. The largest absolute Gasteiger partial charge is 0.488 e. The molecule has 0 saturated heterocycles. The number of aryl methyl sites for hydroxylation is 2. The normalized spacial score (nSPS) is 11.1. The molecule has 3 rings (SSSR count). The lowest BCUT2D eigenvalue weighted by atomic mass is 10.1. The Bertz CT molecular complexity index is 951. The summed E-state index contributed by atoms with van der Waals surface area (Å²) in [6.07, 6.45) is 1.79. The van der Waals surface area contributed by atoms with Gasteiger partial charge in [0.1, 0.15) is 12.4 Å². The second kappa shape index (κ2) is 8.39. The zero-order valence-electron chi connectivity index (χ0n) is 14.7. The quantitative estimate of drug-likeness (QED) is 0.437. The molecule has 2 nitrogen and oxygen atoms in total. The highest BCUT2D eigenvalue weighted by Gasteiger charge is 2.06. The van der Waals surface area contributed by atoms with Crippen molar-refractivity contribution in [3.63, 3.8) is 0 Å². The summed E-state index contributed by atoms with van der Waals surface area (Å²) in [5.41, 5.74) is 4.98. The van der Waals surface area contributed by atoms with Crippen LogP contribution in [0.25, 0.3) is 0 Å². The number of benzene rings is 3.